The summed E-state index contributed by atoms with van der Waals surface area (Å²) in [6, 6.07) is 21.8. The van der Waals surface area contributed by atoms with Crippen LogP contribution < -0.4 is 5.32 Å². The van der Waals surface area contributed by atoms with Gasteiger partial charge in [-0.05, 0) is 74.3 Å². The van der Waals surface area contributed by atoms with Gasteiger partial charge in [0.2, 0.25) is 0 Å². The van der Waals surface area contributed by atoms with Crippen molar-refractivity contribution in [3.05, 3.63) is 82.0 Å². The Morgan fingerprint density at radius 1 is 1.04 bits per heavy atom. The van der Waals surface area contributed by atoms with Gasteiger partial charge in [0, 0.05) is 22.6 Å². The summed E-state index contributed by atoms with van der Waals surface area (Å²) >= 11 is 3.52. The van der Waals surface area contributed by atoms with Crippen molar-refractivity contribution in [2.45, 2.75) is 38.9 Å². The number of nitrogens with zero attached hydrogens (tertiary/aromatic N) is 1. The molecule has 2 aromatic carbocycles. The number of nitrogens with one attached hydrogen (secondary N) is 1. The van der Waals surface area contributed by atoms with Crippen LogP contribution in [0.1, 0.15) is 29.7 Å². The van der Waals surface area contributed by atoms with E-state index < -0.39 is 0 Å². The number of likely N-dealkylation sites (tertiary alicyclic amines) is 1. The lowest BCUT2D eigenvalue weighted by Crippen LogP contribution is -2.41. The van der Waals surface area contributed by atoms with Gasteiger partial charge >= 0.3 is 0 Å². The molecule has 2 heterocycles. The summed E-state index contributed by atoms with van der Waals surface area (Å²) in [5.74, 6) is 1.95. The van der Waals surface area contributed by atoms with E-state index in [4.69, 9.17) is 4.42 Å². The van der Waals surface area contributed by atoms with Gasteiger partial charge in [-0.25, -0.2) is 0 Å². The summed E-state index contributed by atoms with van der Waals surface area (Å²) < 4.78 is 7.19. The Bertz CT molecular complexity index is 898. The van der Waals surface area contributed by atoms with Crippen LogP contribution in [-0.4, -0.2) is 24.0 Å². The van der Waals surface area contributed by atoms with E-state index in [0.717, 1.165) is 47.7 Å². The van der Waals surface area contributed by atoms with E-state index >= 15 is 0 Å². The maximum Gasteiger partial charge on any atom is 0.134 e. The van der Waals surface area contributed by atoms with Gasteiger partial charge in [0.1, 0.15) is 11.5 Å². The van der Waals surface area contributed by atoms with Crippen molar-refractivity contribution < 1.29 is 4.42 Å². The quantitative estimate of drug-likeness (QED) is 0.529. The van der Waals surface area contributed by atoms with Gasteiger partial charge in [-0.2, -0.15) is 0 Å². The molecule has 1 aliphatic rings. The fraction of sp³-hybridized carbons (Fsp3) is 0.333. The average molecular weight is 439 g/mol. The topological polar surface area (TPSA) is 28.4 Å². The van der Waals surface area contributed by atoms with Gasteiger partial charge in [-0.15, -0.1) is 0 Å². The van der Waals surface area contributed by atoms with Crippen LogP contribution >= 0.6 is 15.9 Å². The Hall–Kier alpha value is -1.88. The standard InChI is InChI=1S/C24H27BrN2O/c1-18-15-20(25)7-9-23(18)24-10-8-22(28-24)16-26-21-11-13-27(14-12-21)17-19-5-3-2-4-6-19/h2-10,15,21,26H,11-14,16-17H2,1H3. The largest absolute Gasteiger partial charge is 0.460 e. The maximum atomic E-state index is 6.09. The Morgan fingerprint density at radius 3 is 2.57 bits per heavy atom. The van der Waals surface area contributed by atoms with Crippen LogP contribution in [0.2, 0.25) is 0 Å². The van der Waals surface area contributed by atoms with Crippen molar-refractivity contribution in [2.24, 2.45) is 0 Å². The first-order valence-corrected chi connectivity index (χ1v) is 10.8. The summed E-state index contributed by atoms with van der Waals surface area (Å²) in [6.45, 7) is 6.26. The summed E-state index contributed by atoms with van der Waals surface area (Å²) in [4.78, 5) is 2.55. The Balaban J connectivity index is 1.26. The molecule has 1 aromatic heterocycles. The molecule has 146 valence electrons. The maximum absolute atomic E-state index is 6.09. The molecule has 0 saturated carbocycles. The first-order chi connectivity index (χ1) is 13.7. The minimum atomic E-state index is 0.565. The number of rotatable bonds is 6. The van der Waals surface area contributed by atoms with Gasteiger partial charge in [0.05, 0.1) is 6.54 Å². The highest BCUT2D eigenvalue weighted by molar-refractivity contribution is 9.10. The SMILES string of the molecule is Cc1cc(Br)ccc1-c1ccc(CNC2CCN(Cc3ccccc3)CC2)o1. The van der Waals surface area contributed by atoms with E-state index in [1.165, 1.54) is 24.0 Å². The first kappa shape index (κ1) is 19.4. The molecule has 0 radical (unpaired) electrons. The van der Waals surface area contributed by atoms with E-state index in [9.17, 15) is 0 Å². The molecule has 1 fully saturated rings. The number of hydrogen-bond acceptors (Lipinski definition) is 3. The number of aryl methyl sites for hydroxylation is 1. The van der Waals surface area contributed by atoms with Crippen molar-refractivity contribution in [1.82, 2.24) is 10.2 Å². The summed E-state index contributed by atoms with van der Waals surface area (Å²) in [7, 11) is 0. The van der Waals surface area contributed by atoms with Crippen LogP contribution in [0, 0.1) is 6.92 Å². The molecular weight excluding hydrogens is 412 g/mol. The predicted octanol–water partition coefficient (Wildman–Crippen LogP) is 5.77. The Morgan fingerprint density at radius 2 is 1.82 bits per heavy atom. The minimum Gasteiger partial charge on any atom is -0.460 e. The molecule has 4 rings (SSSR count). The van der Waals surface area contributed by atoms with E-state index in [1.54, 1.807) is 0 Å². The summed E-state index contributed by atoms with van der Waals surface area (Å²) in [5.41, 5.74) is 3.78. The molecular formula is C24H27BrN2O. The molecule has 4 heteroatoms. The van der Waals surface area contributed by atoms with Crippen LogP contribution in [0.25, 0.3) is 11.3 Å². The number of furan rings is 1. The predicted molar refractivity (Wildman–Crippen MR) is 118 cm³/mol. The zero-order chi connectivity index (χ0) is 19.3. The molecule has 0 spiro atoms. The van der Waals surface area contributed by atoms with Crippen molar-refractivity contribution in [3.8, 4) is 11.3 Å². The molecule has 1 aliphatic heterocycles. The lowest BCUT2D eigenvalue weighted by Gasteiger charge is -2.32. The number of halogens is 1. The van der Waals surface area contributed by atoms with Crippen molar-refractivity contribution >= 4 is 15.9 Å². The fourth-order valence-electron chi connectivity index (χ4n) is 3.90. The summed E-state index contributed by atoms with van der Waals surface area (Å²) in [6.07, 6.45) is 2.37. The molecule has 1 saturated heterocycles. The van der Waals surface area contributed by atoms with Crippen molar-refractivity contribution in [1.29, 1.82) is 0 Å². The second-order valence-electron chi connectivity index (χ2n) is 7.64. The highest BCUT2D eigenvalue weighted by Gasteiger charge is 2.19. The first-order valence-electron chi connectivity index (χ1n) is 10.0. The van der Waals surface area contributed by atoms with Gasteiger partial charge in [0.15, 0.2) is 0 Å². The second-order valence-corrected chi connectivity index (χ2v) is 8.56. The van der Waals surface area contributed by atoms with Gasteiger partial charge in [0.25, 0.3) is 0 Å². The van der Waals surface area contributed by atoms with E-state index in [0.29, 0.717) is 6.04 Å². The van der Waals surface area contributed by atoms with Crippen LogP contribution in [0.4, 0.5) is 0 Å². The van der Waals surface area contributed by atoms with E-state index in [1.807, 2.05) is 0 Å². The van der Waals surface area contributed by atoms with E-state index in [2.05, 4.69) is 93.7 Å². The van der Waals surface area contributed by atoms with Gasteiger partial charge in [-0.3, -0.25) is 4.90 Å². The molecule has 28 heavy (non-hydrogen) atoms. The van der Waals surface area contributed by atoms with Crippen LogP contribution in [0.3, 0.4) is 0 Å². The smallest absolute Gasteiger partial charge is 0.134 e. The Kier molecular flexibility index (Phi) is 6.30. The van der Waals surface area contributed by atoms with Gasteiger partial charge < -0.3 is 9.73 Å². The lowest BCUT2D eigenvalue weighted by atomic mass is 10.0. The van der Waals surface area contributed by atoms with Crippen LogP contribution in [0.15, 0.2) is 69.6 Å². The zero-order valence-corrected chi connectivity index (χ0v) is 17.9. The molecule has 0 bridgehead atoms. The highest BCUT2D eigenvalue weighted by atomic mass is 79.9. The van der Waals surface area contributed by atoms with Crippen molar-refractivity contribution in [3.63, 3.8) is 0 Å². The molecule has 3 nitrogen and oxygen atoms in total. The van der Waals surface area contributed by atoms with Crippen LogP contribution in [0.5, 0.6) is 0 Å². The Labute approximate surface area is 175 Å². The second kappa shape index (κ2) is 9.08. The summed E-state index contributed by atoms with van der Waals surface area (Å²) in [5, 5.41) is 3.68. The molecule has 0 aliphatic carbocycles. The molecule has 3 aromatic rings. The molecule has 1 N–H and O–H groups in total. The number of piperidine rings is 1. The molecule has 0 amide bonds. The monoisotopic (exact) mass is 438 g/mol. The van der Waals surface area contributed by atoms with Crippen LogP contribution in [-0.2, 0) is 13.1 Å². The third-order valence-corrected chi connectivity index (χ3v) is 6.01. The number of benzene rings is 2. The third kappa shape index (κ3) is 4.93. The van der Waals surface area contributed by atoms with E-state index in [-0.39, 0.29) is 0 Å². The highest BCUT2D eigenvalue weighted by Crippen LogP contribution is 2.28. The fourth-order valence-corrected chi connectivity index (χ4v) is 4.38. The third-order valence-electron chi connectivity index (χ3n) is 5.52. The average Bonchev–Trinajstić information content (AvgIpc) is 3.17. The number of hydrogen-bond donors (Lipinski definition) is 1. The molecule has 0 unspecified atom stereocenters. The van der Waals surface area contributed by atoms with Gasteiger partial charge in [-0.1, -0.05) is 46.3 Å². The lowest BCUT2D eigenvalue weighted by molar-refractivity contribution is 0.189. The normalized spacial score (nSPS) is 15.8. The van der Waals surface area contributed by atoms with Crippen molar-refractivity contribution in [2.75, 3.05) is 13.1 Å². The minimum absolute atomic E-state index is 0.565. The molecule has 0 atom stereocenters. The zero-order valence-electron chi connectivity index (χ0n) is 16.3.